The van der Waals surface area contributed by atoms with Gasteiger partial charge in [-0.25, -0.2) is 0 Å². The molecular weight excluding hydrogens is 461 g/mol. The number of halogens is 3. The van der Waals surface area contributed by atoms with Gasteiger partial charge in [0.2, 0.25) is 0 Å². The minimum absolute atomic E-state index is 0.175. The van der Waals surface area contributed by atoms with E-state index >= 15 is 0 Å². The fourth-order valence-corrected chi connectivity index (χ4v) is 3.89. The minimum atomic E-state index is -4.49. The predicted molar refractivity (Wildman–Crippen MR) is 122 cm³/mol. The maximum absolute atomic E-state index is 13.3. The smallest absolute Gasteiger partial charge is 0.346 e. The Morgan fingerprint density at radius 2 is 1.83 bits per heavy atom. The molecule has 35 heavy (non-hydrogen) atoms. The van der Waals surface area contributed by atoms with Gasteiger partial charge in [-0.1, -0.05) is 0 Å². The van der Waals surface area contributed by atoms with Crippen molar-refractivity contribution in [2.45, 2.75) is 12.7 Å². The zero-order chi connectivity index (χ0) is 24.7. The summed E-state index contributed by atoms with van der Waals surface area (Å²) in [5.41, 5.74) is 0.725. The number of carbonyl (C=O) groups is 1. The van der Waals surface area contributed by atoms with E-state index in [0.29, 0.717) is 27.7 Å². The third-order valence-electron chi connectivity index (χ3n) is 5.52. The number of benzene rings is 2. The SMILES string of the molecule is Cn1cc2c(=O)n(-c3ccc(C(F)(F)F)cc3)c3ccc(C(=O)NCc4cnccn4)cc3c2n1. The lowest BCUT2D eigenvalue weighted by Gasteiger charge is -2.14. The van der Waals surface area contributed by atoms with Crippen molar-refractivity contribution in [2.24, 2.45) is 7.05 Å². The average molecular weight is 478 g/mol. The normalized spacial score (nSPS) is 11.8. The van der Waals surface area contributed by atoms with Crippen molar-refractivity contribution < 1.29 is 18.0 Å². The summed E-state index contributed by atoms with van der Waals surface area (Å²) < 4.78 is 41.9. The number of hydrogen-bond acceptors (Lipinski definition) is 5. The van der Waals surface area contributed by atoms with Crippen LogP contribution in [-0.4, -0.2) is 30.2 Å². The van der Waals surface area contributed by atoms with Crippen LogP contribution in [-0.2, 0) is 19.8 Å². The van der Waals surface area contributed by atoms with Gasteiger partial charge < -0.3 is 5.32 Å². The molecule has 1 N–H and O–H groups in total. The minimum Gasteiger partial charge on any atom is -0.346 e. The first-order chi connectivity index (χ1) is 16.7. The number of hydrogen-bond donors (Lipinski definition) is 1. The van der Waals surface area contributed by atoms with E-state index in [1.54, 1.807) is 37.6 Å². The Bertz CT molecular complexity index is 1620. The molecule has 0 bridgehead atoms. The summed E-state index contributed by atoms with van der Waals surface area (Å²) in [7, 11) is 1.66. The summed E-state index contributed by atoms with van der Waals surface area (Å²) in [5, 5.41) is 7.93. The topological polar surface area (TPSA) is 94.7 Å². The van der Waals surface area contributed by atoms with E-state index in [0.717, 1.165) is 12.1 Å². The number of carbonyl (C=O) groups excluding carboxylic acids is 1. The summed E-state index contributed by atoms with van der Waals surface area (Å²) in [6.07, 6.45) is 1.64. The molecule has 5 aromatic rings. The third kappa shape index (κ3) is 4.12. The first-order valence-corrected chi connectivity index (χ1v) is 10.5. The lowest BCUT2D eigenvalue weighted by Crippen LogP contribution is -2.24. The molecule has 0 saturated carbocycles. The van der Waals surface area contributed by atoms with E-state index in [1.165, 1.54) is 33.8 Å². The van der Waals surface area contributed by atoms with Crippen molar-refractivity contribution in [3.8, 4) is 5.69 Å². The van der Waals surface area contributed by atoms with Gasteiger partial charge in [0.05, 0.1) is 34.9 Å². The molecule has 11 heteroatoms. The largest absolute Gasteiger partial charge is 0.416 e. The highest BCUT2D eigenvalue weighted by atomic mass is 19.4. The van der Waals surface area contributed by atoms with Crippen LogP contribution < -0.4 is 10.9 Å². The zero-order valence-corrected chi connectivity index (χ0v) is 18.2. The maximum atomic E-state index is 13.3. The van der Waals surface area contributed by atoms with E-state index in [9.17, 15) is 22.8 Å². The number of pyridine rings is 1. The first-order valence-electron chi connectivity index (χ1n) is 10.5. The van der Waals surface area contributed by atoms with Crippen LogP contribution in [0.2, 0.25) is 0 Å². The number of aromatic nitrogens is 5. The van der Waals surface area contributed by atoms with Gasteiger partial charge in [-0.05, 0) is 42.5 Å². The predicted octanol–water partition coefficient (Wildman–Crippen LogP) is 3.62. The third-order valence-corrected chi connectivity index (χ3v) is 5.52. The Morgan fingerprint density at radius 3 is 2.51 bits per heavy atom. The molecule has 0 spiro atoms. The van der Waals surface area contributed by atoms with Gasteiger partial charge in [-0.2, -0.15) is 18.3 Å². The maximum Gasteiger partial charge on any atom is 0.416 e. The molecule has 2 aromatic carbocycles. The Labute approximate surface area is 195 Å². The quantitative estimate of drug-likeness (QED) is 0.426. The molecule has 0 aliphatic rings. The summed E-state index contributed by atoms with van der Waals surface area (Å²) in [5.74, 6) is -0.367. The molecule has 0 radical (unpaired) electrons. The molecule has 3 aromatic heterocycles. The van der Waals surface area contributed by atoms with Gasteiger partial charge in [-0.3, -0.25) is 28.8 Å². The molecule has 0 unspecified atom stereocenters. The van der Waals surface area contributed by atoms with Crippen LogP contribution in [0.25, 0.3) is 27.5 Å². The van der Waals surface area contributed by atoms with Gasteiger partial charge in [0.15, 0.2) is 0 Å². The van der Waals surface area contributed by atoms with Crippen LogP contribution in [0.3, 0.4) is 0 Å². The summed E-state index contributed by atoms with van der Waals surface area (Å²) in [4.78, 5) is 34.2. The molecule has 5 rings (SSSR count). The van der Waals surface area contributed by atoms with Crippen LogP contribution in [0.5, 0.6) is 0 Å². The summed E-state index contributed by atoms with van der Waals surface area (Å²) in [6, 6.07) is 9.07. The van der Waals surface area contributed by atoms with Crippen LogP contribution >= 0.6 is 0 Å². The molecule has 0 saturated heterocycles. The molecule has 0 fully saturated rings. The van der Waals surface area contributed by atoms with Crippen molar-refractivity contribution in [1.82, 2.24) is 29.6 Å². The Kier molecular flexibility index (Phi) is 5.31. The van der Waals surface area contributed by atoms with E-state index in [2.05, 4.69) is 20.4 Å². The second kappa shape index (κ2) is 8.35. The molecule has 0 atom stereocenters. The number of aryl methyl sites for hydroxylation is 1. The average Bonchev–Trinajstić information content (AvgIpc) is 3.25. The monoisotopic (exact) mass is 478 g/mol. The number of nitrogens with one attached hydrogen (secondary N) is 1. The van der Waals surface area contributed by atoms with Crippen molar-refractivity contribution in [1.29, 1.82) is 0 Å². The fraction of sp³-hybridized carbons (Fsp3) is 0.125. The van der Waals surface area contributed by atoms with Crippen molar-refractivity contribution in [2.75, 3.05) is 0 Å². The van der Waals surface area contributed by atoms with Crippen molar-refractivity contribution in [3.05, 3.63) is 94.4 Å². The van der Waals surface area contributed by atoms with Crippen LogP contribution in [0.15, 0.2) is 72.0 Å². The Hall–Kier alpha value is -4.54. The summed E-state index contributed by atoms with van der Waals surface area (Å²) >= 11 is 0. The molecule has 0 aliphatic carbocycles. The second-order valence-electron chi connectivity index (χ2n) is 7.86. The van der Waals surface area contributed by atoms with Crippen molar-refractivity contribution in [3.63, 3.8) is 0 Å². The second-order valence-corrected chi connectivity index (χ2v) is 7.86. The van der Waals surface area contributed by atoms with Gasteiger partial charge in [0.1, 0.15) is 5.52 Å². The molecule has 3 heterocycles. The molecule has 8 nitrogen and oxygen atoms in total. The van der Waals surface area contributed by atoms with E-state index in [-0.39, 0.29) is 23.5 Å². The van der Waals surface area contributed by atoms with Crippen LogP contribution in [0.1, 0.15) is 21.6 Å². The fourth-order valence-electron chi connectivity index (χ4n) is 3.89. The summed E-state index contributed by atoms with van der Waals surface area (Å²) in [6.45, 7) is 0.175. The molecule has 1 amide bonds. The highest BCUT2D eigenvalue weighted by Gasteiger charge is 2.30. The van der Waals surface area contributed by atoms with E-state index in [4.69, 9.17) is 0 Å². The van der Waals surface area contributed by atoms with Crippen molar-refractivity contribution >= 4 is 27.7 Å². The van der Waals surface area contributed by atoms with Gasteiger partial charge in [-0.15, -0.1) is 0 Å². The first kappa shape index (κ1) is 22.3. The molecule has 176 valence electrons. The lowest BCUT2D eigenvalue weighted by atomic mass is 10.1. The van der Waals surface area contributed by atoms with Crippen LogP contribution in [0.4, 0.5) is 13.2 Å². The number of fused-ring (bicyclic) bond motifs is 3. The Morgan fingerprint density at radius 1 is 1.06 bits per heavy atom. The molecule has 0 aliphatic heterocycles. The standard InChI is InChI=1S/C24H17F3N6O2/c1-32-13-19-21(31-32)18-10-14(22(34)30-12-16-11-28-8-9-29-16)2-7-20(18)33(23(19)35)17-5-3-15(4-6-17)24(25,26)27/h2-11,13H,12H2,1H3,(H,30,34). The van der Waals surface area contributed by atoms with Crippen LogP contribution in [0, 0.1) is 0 Å². The number of amides is 1. The van der Waals surface area contributed by atoms with E-state index in [1.807, 2.05) is 0 Å². The highest BCUT2D eigenvalue weighted by molar-refractivity contribution is 6.07. The number of rotatable bonds is 4. The van der Waals surface area contributed by atoms with E-state index < -0.39 is 17.3 Å². The number of nitrogens with zero attached hydrogens (tertiary/aromatic N) is 5. The lowest BCUT2D eigenvalue weighted by molar-refractivity contribution is -0.137. The van der Waals surface area contributed by atoms with Gasteiger partial charge in [0, 0.05) is 42.3 Å². The number of alkyl halides is 3. The van der Waals surface area contributed by atoms with Gasteiger partial charge >= 0.3 is 6.18 Å². The molecular formula is C24H17F3N6O2. The zero-order valence-electron chi connectivity index (χ0n) is 18.2. The highest BCUT2D eigenvalue weighted by Crippen LogP contribution is 2.30. The van der Waals surface area contributed by atoms with Gasteiger partial charge in [0.25, 0.3) is 11.5 Å². The Balaban J connectivity index is 1.62.